The smallest absolute Gasteiger partial charge is 0.270 e. The van der Waals surface area contributed by atoms with E-state index < -0.39 is 14.9 Å². The van der Waals surface area contributed by atoms with Gasteiger partial charge in [-0.2, -0.15) is 4.31 Å². The highest BCUT2D eigenvalue weighted by Gasteiger charge is 2.35. The first-order valence-electron chi connectivity index (χ1n) is 10.6. The number of nitro benzene ring substituents is 1. The van der Waals surface area contributed by atoms with Crippen LogP contribution in [0.1, 0.15) is 23.2 Å². The molecule has 11 heteroatoms. The van der Waals surface area contributed by atoms with Crippen LogP contribution in [0.3, 0.4) is 0 Å². The quantitative estimate of drug-likeness (QED) is 0.469. The van der Waals surface area contributed by atoms with Crippen LogP contribution < -0.4 is 4.90 Å². The van der Waals surface area contributed by atoms with Crippen LogP contribution in [0.15, 0.2) is 53.4 Å². The molecule has 0 spiro atoms. The summed E-state index contributed by atoms with van der Waals surface area (Å²) in [6.07, 6.45) is 1.72. The third-order valence-electron chi connectivity index (χ3n) is 5.95. The zero-order chi connectivity index (χ0) is 23.8. The second kappa shape index (κ2) is 8.91. The largest absolute Gasteiger partial charge is 0.336 e. The van der Waals surface area contributed by atoms with Crippen LogP contribution in [0, 0.1) is 16.0 Å². The molecule has 0 unspecified atom stereocenters. The number of amides is 2. The lowest BCUT2D eigenvalue weighted by Gasteiger charge is -2.34. The number of carbonyl (C=O) groups excluding carboxylic acids is 2. The van der Waals surface area contributed by atoms with E-state index in [1.807, 2.05) is 0 Å². The summed E-state index contributed by atoms with van der Waals surface area (Å²) in [5.41, 5.74) is 0.626. The molecular weight excluding hydrogens is 448 g/mol. The Morgan fingerprint density at radius 3 is 2.33 bits per heavy atom. The fraction of sp³-hybridized carbons (Fsp3) is 0.364. The number of piperazine rings is 1. The van der Waals surface area contributed by atoms with Crippen molar-refractivity contribution in [2.75, 3.05) is 38.1 Å². The average molecular weight is 473 g/mol. The van der Waals surface area contributed by atoms with Gasteiger partial charge in [0.05, 0.1) is 21.1 Å². The molecule has 4 rings (SSSR count). The Labute approximate surface area is 191 Å². The number of non-ortho nitro benzene ring substituents is 1. The number of para-hydroxylation sites is 1. The molecule has 0 aromatic heterocycles. The summed E-state index contributed by atoms with van der Waals surface area (Å²) >= 11 is 0. The molecule has 1 saturated carbocycles. The molecular formula is C22H24N4O6S. The van der Waals surface area contributed by atoms with Crippen LogP contribution in [-0.2, 0) is 14.8 Å². The van der Waals surface area contributed by atoms with Crippen molar-refractivity contribution in [3.05, 3.63) is 64.2 Å². The Morgan fingerprint density at radius 1 is 1.03 bits per heavy atom. The number of hydrogen-bond donors (Lipinski definition) is 0. The van der Waals surface area contributed by atoms with Crippen molar-refractivity contribution in [3.63, 3.8) is 0 Å². The van der Waals surface area contributed by atoms with Crippen molar-refractivity contribution in [1.82, 2.24) is 9.21 Å². The number of nitro groups is 1. The van der Waals surface area contributed by atoms with Crippen molar-refractivity contribution in [2.24, 2.45) is 5.92 Å². The molecule has 2 aliphatic rings. The van der Waals surface area contributed by atoms with Crippen LogP contribution in [0.5, 0.6) is 0 Å². The first-order valence-corrected chi connectivity index (χ1v) is 12.0. The molecule has 1 saturated heterocycles. The maximum absolute atomic E-state index is 13.2. The van der Waals surface area contributed by atoms with Gasteiger partial charge in [0, 0.05) is 51.3 Å². The van der Waals surface area contributed by atoms with Gasteiger partial charge in [-0.3, -0.25) is 19.7 Å². The predicted octanol–water partition coefficient (Wildman–Crippen LogP) is 2.11. The topological polar surface area (TPSA) is 121 Å². The highest BCUT2D eigenvalue weighted by Crippen LogP contribution is 2.33. The highest BCUT2D eigenvalue weighted by atomic mass is 32.2. The first kappa shape index (κ1) is 22.9. The number of rotatable bonds is 6. The van der Waals surface area contributed by atoms with E-state index in [1.165, 1.54) is 27.4 Å². The van der Waals surface area contributed by atoms with E-state index in [9.17, 15) is 28.1 Å². The molecule has 2 aromatic carbocycles. The fourth-order valence-corrected chi connectivity index (χ4v) is 5.34. The third kappa shape index (κ3) is 4.60. The van der Waals surface area contributed by atoms with Gasteiger partial charge >= 0.3 is 0 Å². The maximum atomic E-state index is 13.2. The lowest BCUT2D eigenvalue weighted by Crippen LogP contribution is -2.50. The van der Waals surface area contributed by atoms with Gasteiger partial charge in [0.25, 0.3) is 11.6 Å². The molecule has 2 aromatic rings. The monoisotopic (exact) mass is 472 g/mol. The van der Waals surface area contributed by atoms with Crippen LogP contribution in [-0.4, -0.2) is 67.6 Å². The number of carbonyl (C=O) groups is 2. The Balaban J connectivity index is 1.47. The summed E-state index contributed by atoms with van der Waals surface area (Å²) in [5.74, 6) is -0.266. The second-order valence-corrected chi connectivity index (χ2v) is 10.1. The van der Waals surface area contributed by atoms with E-state index in [-0.39, 0.29) is 54.5 Å². The van der Waals surface area contributed by atoms with Crippen molar-refractivity contribution >= 4 is 33.2 Å². The Hall–Kier alpha value is -3.31. The Bertz CT molecular complexity index is 1200. The van der Waals surface area contributed by atoms with E-state index in [0.29, 0.717) is 11.3 Å². The van der Waals surface area contributed by atoms with E-state index >= 15 is 0 Å². The highest BCUT2D eigenvalue weighted by molar-refractivity contribution is 7.89. The molecule has 0 N–H and O–H groups in total. The summed E-state index contributed by atoms with van der Waals surface area (Å²) in [5, 5.41) is 11.0. The normalized spacial score (nSPS) is 16.9. The van der Waals surface area contributed by atoms with Crippen LogP contribution in [0.2, 0.25) is 0 Å². The molecule has 2 fully saturated rings. The molecule has 0 bridgehead atoms. The lowest BCUT2D eigenvalue weighted by atomic mass is 10.1. The Morgan fingerprint density at radius 2 is 1.70 bits per heavy atom. The molecule has 0 atom stereocenters. The fourth-order valence-electron chi connectivity index (χ4n) is 3.88. The van der Waals surface area contributed by atoms with Gasteiger partial charge in [0.15, 0.2) is 0 Å². The lowest BCUT2D eigenvalue weighted by molar-refractivity contribution is -0.385. The molecule has 33 heavy (non-hydrogen) atoms. The first-order chi connectivity index (χ1) is 15.7. The zero-order valence-corrected chi connectivity index (χ0v) is 18.9. The zero-order valence-electron chi connectivity index (χ0n) is 18.1. The predicted molar refractivity (Wildman–Crippen MR) is 120 cm³/mol. The number of anilines is 1. The average Bonchev–Trinajstić information content (AvgIpc) is 3.68. The van der Waals surface area contributed by atoms with Gasteiger partial charge in [-0.05, 0) is 31.0 Å². The van der Waals surface area contributed by atoms with Crippen LogP contribution in [0.25, 0.3) is 0 Å². The second-order valence-electron chi connectivity index (χ2n) is 8.14. The molecule has 0 radical (unpaired) electrons. The molecule has 1 heterocycles. The molecule has 2 amide bonds. The minimum absolute atomic E-state index is 0.0110. The summed E-state index contributed by atoms with van der Waals surface area (Å²) in [4.78, 5) is 39.0. The van der Waals surface area contributed by atoms with Crippen molar-refractivity contribution in [1.29, 1.82) is 0 Å². The summed E-state index contributed by atoms with van der Waals surface area (Å²) in [7, 11) is -2.27. The van der Waals surface area contributed by atoms with Gasteiger partial charge in [0.2, 0.25) is 15.9 Å². The van der Waals surface area contributed by atoms with E-state index in [0.717, 1.165) is 18.9 Å². The van der Waals surface area contributed by atoms with Crippen molar-refractivity contribution in [3.8, 4) is 0 Å². The van der Waals surface area contributed by atoms with E-state index in [2.05, 4.69) is 0 Å². The minimum atomic E-state index is -3.93. The SMILES string of the molecule is CN(C(=O)C1CC1)c1ccccc1C(=O)N1CCN(S(=O)(=O)c2cccc([N+](=O)[O-])c2)CC1. The van der Waals surface area contributed by atoms with Gasteiger partial charge in [-0.15, -0.1) is 0 Å². The third-order valence-corrected chi connectivity index (χ3v) is 7.84. The van der Waals surface area contributed by atoms with E-state index in [1.54, 1.807) is 36.2 Å². The van der Waals surface area contributed by atoms with Gasteiger partial charge in [-0.1, -0.05) is 18.2 Å². The Kier molecular flexibility index (Phi) is 6.17. The number of benzene rings is 2. The summed E-state index contributed by atoms with van der Waals surface area (Å²) in [6, 6.07) is 11.8. The van der Waals surface area contributed by atoms with E-state index in [4.69, 9.17) is 0 Å². The van der Waals surface area contributed by atoms with Gasteiger partial charge in [-0.25, -0.2) is 8.42 Å². The molecule has 1 aliphatic carbocycles. The standard InChI is InChI=1S/C22H24N4O6S/c1-23(21(27)16-9-10-16)20-8-3-2-7-19(20)22(28)24-11-13-25(14-12-24)33(31,32)18-6-4-5-17(15-18)26(29)30/h2-8,15-16H,9-14H2,1H3. The summed E-state index contributed by atoms with van der Waals surface area (Å²) in [6.45, 7) is 0.467. The van der Waals surface area contributed by atoms with Crippen LogP contribution in [0.4, 0.5) is 11.4 Å². The van der Waals surface area contributed by atoms with Crippen molar-refractivity contribution < 1.29 is 22.9 Å². The number of nitrogens with zero attached hydrogens (tertiary/aromatic N) is 4. The molecule has 1 aliphatic heterocycles. The summed E-state index contributed by atoms with van der Waals surface area (Å²) < 4.78 is 27.1. The minimum Gasteiger partial charge on any atom is -0.336 e. The van der Waals surface area contributed by atoms with Gasteiger partial charge < -0.3 is 9.80 Å². The van der Waals surface area contributed by atoms with Crippen molar-refractivity contribution in [2.45, 2.75) is 17.7 Å². The number of sulfonamides is 1. The molecule has 10 nitrogen and oxygen atoms in total. The number of hydrogen-bond acceptors (Lipinski definition) is 6. The molecule has 174 valence electrons. The van der Waals surface area contributed by atoms with Crippen LogP contribution >= 0.6 is 0 Å². The van der Waals surface area contributed by atoms with Gasteiger partial charge in [0.1, 0.15) is 0 Å². The maximum Gasteiger partial charge on any atom is 0.270 e.